The monoisotopic (exact) mass is 226 g/mol. The third kappa shape index (κ3) is 2.23. The summed E-state index contributed by atoms with van der Waals surface area (Å²) in [4.78, 5) is 15.7. The predicted octanol–water partition coefficient (Wildman–Crippen LogP) is 2.28. The lowest BCUT2D eigenvalue weighted by atomic mass is 10.1. The van der Waals surface area contributed by atoms with E-state index in [-0.39, 0.29) is 5.69 Å². The van der Waals surface area contributed by atoms with Crippen LogP contribution in [0.1, 0.15) is 23.0 Å². The van der Waals surface area contributed by atoms with Gasteiger partial charge in [0, 0.05) is 5.39 Å². The van der Waals surface area contributed by atoms with Crippen molar-refractivity contribution in [3.8, 4) is 6.07 Å². The molecule has 84 valence electrons. The van der Waals surface area contributed by atoms with Crippen LogP contribution in [0.4, 0.5) is 0 Å². The van der Waals surface area contributed by atoms with Gasteiger partial charge in [-0.2, -0.15) is 5.26 Å². The molecule has 1 heterocycles. The Morgan fingerprint density at radius 1 is 1.41 bits per heavy atom. The van der Waals surface area contributed by atoms with Crippen molar-refractivity contribution in [2.45, 2.75) is 6.92 Å². The fourth-order valence-corrected chi connectivity index (χ4v) is 1.51. The number of rotatable bonds is 2. The van der Waals surface area contributed by atoms with Crippen LogP contribution in [0.3, 0.4) is 0 Å². The van der Waals surface area contributed by atoms with Gasteiger partial charge in [-0.05, 0) is 25.1 Å². The highest BCUT2D eigenvalue weighted by Crippen LogP contribution is 2.14. The van der Waals surface area contributed by atoms with Crippen LogP contribution in [0, 0.1) is 11.3 Å². The van der Waals surface area contributed by atoms with E-state index < -0.39 is 5.97 Å². The standard InChI is InChI=1S/C13H10N2O2/c1-2-17-13(16)11-6-5-10-4-3-9(8-14)7-12(10)15-11/h3-7H,2H2,1H3. The summed E-state index contributed by atoms with van der Waals surface area (Å²) in [6.45, 7) is 2.06. The Kier molecular flexibility index (Phi) is 3.01. The molecule has 0 radical (unpaired) electrons. The molecule has 0 unspecified atom stereocenters. The van der Waals surface area contributed by atoms with E-state index in [1.807, 2.05) is 6.07 Å². The number of benzene rings is 1. The summed E-state index contributed by atoms with van der Waals surface area (Å²) in [5, 5.41) is 9.68. The van der Waals surface area contributed by atoms with E-state index in [0.29, 0.717) is 17.7 Å². The number of ether oxygens (including phenoxy) is 1. The smallest absolute Gasteiger partial charge is 0.356 e. The van der Waals surface area contributed by atoms with Crippen molar-refractivity contribution in [2.75, 3.05) is 6.61 Å². The molecule has 0 N–H and O–H groups in total. The van der Waals surface area contributed by atoms with Gasteiger partial charge in [-0.25, -0.2) is 9.78 Å². The van der Waals surface area contributed by atoms with Gasteiger partial charge in [-0.15, -0.1) is 0 Å². The van der Waals surface area contributed by atoms with Crippen LogP contribution in [0.25, 0.3) is 10.9 Å². The summed E-state index contributed by atoms with van der Waals surface area (Å²) in [6.07, 6.45) is 0. The molecule has 17 heavy (non-hydrogen) atoms. The Labute approximate surface area is 98.5 Å². The van der Waals surface area contributed by atoms with Gasteiger partial charge >= 0.3 is 5.97 Å². The highest BCUT2D eigenvalue weighted by atomic mass is 16.5. The lowest BCUT2D eigenvalue weighted by Gasteiger charge is -2.02. The van der Waals surface area contributed by atoms with Crippen molar-refractivity contribution in [3.05, 3.63) is 41.6 Å². The topological polar surface area (TPSA) is 63.0 Å². The zero-order valence-corrected chi connectivity index (χ0v) is 9.30. The number of carbonyl (C=O) groups is 1. The molecule has 0 saturated heterocycles. The maximum Gasteiger partial charge on any atom is 0.356 e. The van der Waals surface area contributed by atoms with E-state index in [1.165, 1.54) is 0 Å². The first-order chi connectivity index (χ1) is 8.24. The fourth-order valence-electron chi connectivity index (χ4n) is 1.51. The molecule has 2 rings (SSSR count). The predicted molar refractivity (Wildman–Crippen MR) is 62.4 cm³/mol. The molecule has 2 aromatic rings. The van der Waals surface area contributed by atoms with Gasteiger partial charge in [-0.3, -0.25) is 0 Å². The van der Waals surface area contributed by atoms with Gasteiger partial charge in [0.1, 0.15) is 5.69 Å². The van der Waals surface area contributed by atoms with E-state index in [4.69, 9.17) is 10.00 Å². The van der Waals surface area contributed by atoms with Crippen LogP contribution in [0.15, 0.2) is 30.3 Å². The number of fused-ring (bicyclic) bond motifs is 1. The van der Waals surface area contributed by atoms with Crippen LogP contribution in [-0.2, 0) is 4.74 Å². The summed E-state index contributed by atoms with van der Waals surface area (Å²) in [5.74, 6) is -0.447. The second kappa shape index (κ2) is 4.62. The highest BCUT2D eigenvalue weighted by Gasteiger charge is 2.08. The summed E-state index contributed by atoms with van der Waals surface area (Å²) in [5.41, 5.74) is 1.40. The second-order valence-electron chi connectivity index (χ2n) is 3.44. The molecule has 0 amide bonds. The van der Waals surface area contributed by atoms with Gasteiger partial charge in [-0.1, -0.05) is 12.1 Å². The van der Waals surface area contributed by atoms with Crippen LogP contribution in [-0.4, -0.2) is 17.6 Å². The van der Waals surface area contributed by atoms with Gasteiger partial charge in [0.15, 0.2) is 0 Å². The first kappa shape index (κ1) is 11.1. The molecule has 0 aliphatic carbocycles. The minimum atomic E-state index is -0.447. The van der Waals surface area contributed by atoms with Gasteiger partial charge in [0.25, 0.3) is 0 Å². The minimum absolute atomic E-state index is 0.259. The molecule has 0 fully saturated rings. The second-order valence-corrected chi connectivity index (χ2v) is 3.44. The van der Waals surface area contributed by atoms with Crippen LogP contribution in [0.5, 0.6) is 0 Å². The van der Waals surface area contributed by atoms with Gasteiger partial charge < -0.3 is 4.74 Å². The average molecular weight is 226 g/mol. The summed E-state index contributed by atoms with van der Waals surface area (Å²) < 4.78 is 4.87. The zero-order valence-electron chi connectivity index (χ0n) is 9.30. The van der Waals surface area contributed by atoms with E-state index >= 15 is 0 Å². The summed E-state index contributed by atoms with van der Waals surface area (Å²) in [7, 11) is 0. The zero-order chi connectivity index (χ0) is 12.3. The Balaban J connectivity index is 2.49. The normalized spacial score (nSPS) is 9.88. The maximum absolute atomic E-state index is 11.5. The van der Waals surface area contributed by atoms with Gasteiger partial charge in [0.2, 0.25) is 0 Å². The van der Waals surface area contributed by atoms with E-state index in [0.717, 1.165) is 5.39 Å². The SMILES string of the molecule is CCOC(=O)c1ccc2ccc(C#N)cc2n1. The molecule has 1 aromatic carbocycles. The molecular formula is C13H10N2O2. The van der Waals surface area contributed by atoms with E-state index in [9.17, 15) is 4.79 Å². The Morgan fingerprint density at radius 2 is 2.18 bits per heavy atom. The molecule has 0 bridgehead atoms. The fraction of sp³-hybridized carbons (Fsp3) is 0.154. The Hall–Kier alpha value is -2.41. The highest BCUT2D eigenvalue weighted by molar-refractivity contribution is 5.91. The van der Waals surface area contributed by atoms with Crippen molar-refractivity contribution < 1.29 is 9.53 Å². The number of pyridine rings is 1. The quantitative estimate of drug-likeness (QED) is 0.737. The number of nitrogens with zero attached hydrogens (tertiary/aromatic N) is 2. The van der Waals surface area contributed by atoms with Crippen LogP contribution < -0.4 is 0 Å². The summed E-state index contributed by atoms with van der Waals surface area (Å²) in [6, 6.07) is 10.6. The number of hydrogen-bond donors (Lipinski definition) is 0. The number of carbonyl (C=O) groups excluding carboxylic acids is 1. The van der Waals surface area contributed by atoms with Crippen LogP contribution in [0.2, 0.25) is 0 Å². The maximum atomic E-state index is 11.5. The number of nitriles is 1. The molecule has 0 aliphatic heterocycles. The number of aromatic nitrogens is 1. The molecular weight excluding hydrogens is 216 g/mol. The van der Waals surface area contributed by atoms with E-state index in [2.05, 4.69) is 4.98 Å². The third-order valence-electron chi connectivity index (χ3n) is 2.31. The molecule has 0 aliphatic rings. The van der Waals surface area contributed by atoms with Crippen molar-refractivity contribution in [1.29, 1.82) is 5.26 Å². The number of hydrogen-bond acceptors (Lipinski definition) is 4. The molecule has 4 nitrogen and oxygen atoms in total. The molecule has 0 atom stereocenters. The summed E-state index contributed by atoms with van der Waals surface area (Å²) >= 11 is 0. The molecule has 0 spiro atoms. The largest absolute Gasteiger partial charge is 0.461 e. The lowest BCUT2D eigenvalue weighted by Crippen LogP contribution is -2.06. The first-order valence-electron chi connectivity index (χ1n) is 5.22. The van der Waals surface area contributed by atoms with Gasteiger partial charge in [0.05, 0.1) is 23.8 Å². The van der Waals surface area contributed by atoms with Crippen molar-refractivity contribution in [2.24, 2.45) is 0 Å². The first-order valence-corrected chi connectivity index (χ1v) is 5.22. The lowest BCUT2D eigenvalue weighted by molar-refractivity contribution is 0.0520. The Morgan fingerprint density at radius 3 is 2.88 bits per heavy atom. The molecule has 4 heteroatoms. The van der Waals surface area contributed by atoms with Crippen molar-refractivity contribution in [3.63, 3.8) is 0 Å². The molecule has 1 aromatic heterocycles. The van der Waals surface area contributed by atoms with Crippen molar-refractivity contribution in [1.82, 2.24) is 4.98 Å². The number of esters is 1. The third-order valence-corrected chi connectivity index (χ3v) is 2.31. The molecule has 0 saturated carbocycles. The van der Waals surface area contributed by atoms with Crippen molar-refractivity contribution >= 4 is 16.9 Å². The van der Waals surface area contributed by atoms with Crippen LogP contribution >= 0.6 is 0 Å². The average Bonchev–Trinajstić information content (AvgIpc) is 2.37. The minimum Gasteiger partial charge on any atom is -0.461 e. The van der Waals surface area contributed by atoms with E-state index in [1.54, 1.807) is 37.3 Å². The Bertz CT molecular complexity index is 614.